The fourth-order valence-electron chi connectivity index (χ4n) is 7.83. The van der Waals surface area contributed by atoms with E-state index in [-0.39, 0.29) is 19.4 Å². The number of aliphatic hydroxyl groups is 7. The minimum absolute atomic E-state index is 0.0829. The summed E-state index contributed by atoms with van der Waals surface area (Å²) in [7, 11) is 0. The quantitative estimate of drug-likeness (QED) is 0.0176. The number of carbonyl (C=O) groups is 2. The van der Waals surface area contributed by atoms with Crippen molar-refractivity contribution in [3.8, 4) is 0 Å². The molecule has 15 nitrogen and oxygen atoms in total. The third kappa shape index (κ3) is 28.8. The molecule has 0 aromatic carbocycles. The van der Waals surface area contributed by atoms with E-state index in [9.17, 15) is 45.3 Å². The van der Waals surface area contributed by atoms with Gasteiger partial charge in [0.2, 0.25) is 0 Å². The van der Waals surface area contributed by atoms with E-state index in [4.69, 9.17) is 28.4 Å². The number of unbranched alkanes of at least 4 members (excludes halogenated alkanes) is 14. The van der Waals surface area contributed by atoms with E-state index in [1.165, 1.54) is 57.8 Å². The van der Waals surface area contributed by atoms with Crippen molar-refractivity contribution in [1.29, 1.82) is 0 Å². The van der Waals surface area contributed by atoms with E-state index >= 15 is 0 Å². The van der Waals surface area contributed by atoms with Crippen molar-refractivity contribution in [2.75, 3.05) is 26.4 Å². The third-order valence-electron chi connectivity index (χ3n) is 12.2. The predicted octanol–water partition coefficient (Wildman–Crippen LogP) is 7.82. The summed E-state index contributed by atoms with van der Waals surface area (Å²) in [6.45, 7) is 2.40. The first-order valence-corrected chi connectivity index (χ1v) is 26.5. The lowest BCUT2D eigenvalue weighted by Gasteiger charge is -2.42. The molecular weight excluding hydrogens is 901 g/mol. The zero-order valence-corrected chi connectivity index (χ0v) is 42.5. The molecule has 0 aromatic rings. The van der Waals surface area contributed by atoms with Crippen molar-refractivity contribution >= 4 is 11.9 Å². The number of hydrogen-bond acceptors (Lipinski definition) is 15. The highest BCUT2D eigenvalue weighted by Gasteiger charge is 2.47. The molecule has 11 atom stereocenters. The fourth-order valence-corrected chi connectivity index (χ4v) is 7.83. The summed E-state index contributed by atoms with van der Waals surface area (Å²) >= 11 is 0. The standard InChI is InChI=1S/C55H92O15/c1-3-5-7-9-11-13-15-17-19-21-23-25-27-29-31-33-35-37-46(57)65-40-43(68-47(58)38-36-34-32-30-28-26-24-22-20-18-16-14-12-10-8-6-4-2)41-66-54-53(64)51(62)49(60)45(70-54)42-67-55-52(63)50(61)48(59)44(39-56)69-55/h6,8,12,14,17-20,24,26,30,32,43-45,48-56,59-64H,3-5,7,9-11,13,15-16,21-23,25,27-29,31,33-42H2,1-2H3/b8-6-,14-12-,19-17-,20-18-,26-24-,32-30-. The zero-order valence-electron chi connectivity index (χ0n) is 42.5. The van der Waals surface area contributed by atoms with Crippen LogP contribution in [0.25, 0.3) is 0 Å². The van der Waals surface area contributed by atoms with Crippen molar-refractivity contribution in [3.63, 3.8) is 0 Å². The van der Waals surface area contributed by atoms with E-state index in [1.54, 1.807) is 0 Å². The topological polar surface area (TPSA) is 231 Å². The van der Waals surface area contributed by atoms with Crippen LogP contribution in [0, 0.1) is 0 Å². The summed E-state index contributed by atoms with van der Waals surface area (Å²) in [6.07, 6.45) is 32.2. The largest absolute Gasteiger partial charge is 0.462 e. The van der Waals surface area contributed by atoms with Gasteiger partial charge in [0.1, 0.15) is 55.4 Å². The summed E-state index contributed by atoms with van der Waals surface area (Å²) in [6, 6.07) is 0. The van der Waals surface area contributed by atoms with Crippen LogP contribution in [0.15, 0.2) is 72.9 Å². The van der Waals surface area contributed by atoms with Gasteiger partial charge in [0, 0.05) is 12.8 Å². The van der Waals surface area contributed by atoms with Crippen molar-refractivity contribution in [3.05, 3.63) is 72.9 Å². The van der Waals surface area contributed by atoms with E-state index in [0.717, 1.165) is 64.2 Å². The average Bonchev–Trinajstić information content (AvgIpc) is 3.35. The maximum atomic E-state index is 13.0. The number of allylic oxidation sites excluding steroid dienone is 12. The first-order valence-electron chi connectivity index (χ1n) is 26.5. The Morgan fingerprint density at radius 3 is 1.47 bits per heavy atom. The molecule has 0 aliphatic carbocycles. The summed E-state index contributed by atoms with van der Waals surface area (Å²) in [4.78, 5) is 25.8. The first-order chi connectivity index (χ1) is 34.0. The average molecular weight is 993 g/mol. The maximum Gasteiger partial charge on any atom is 0.306 e. The van der Waals surface area contributed by atoms with Gasteiger partial charge in [0.25, 0.3) is 0 Å². The highest BCUT2D eigenvalue weighted by atomic mass is 16.7. The molecule has 0 radical (unpaired) electrons. The van der Waals surface area contributed by atoms with Gasteiger partial charge in [0.15, 0.2) is 18.7 Å². The summed E-state index contributed by atoms with van der Waals surface area (Å²) in [5, 5.41) is 72.1. The van der Waals surface area contributed by atoms with Crippen LogP contribution in [-0.4, -0.2) is 142 Å². The maximum absolute atomic E-state index is 13.0. The Bertz CT molecular complexity index is 1490. The molecule has 0 spiro atoms. The van der Waals surface area contributed by atoms with Gasteiger partial charge in [-0.25, -0.2) is 0 Å². The molecule has 2 aliphatic heterocycles. The summed E-state index contributed by atoms with van der Waals surface area (Å²) < 4.78 is 33.5. The second-order valence-electron chi connectivity index (χ2n) is 18.3. The highest BCUT2D eigenvalue weighted by Crippen LogP contribution is 2.26. The first kappa shape index (κ1) is 63.1. The summed E-state index contributed by atoms with van der Waals surface area (Å²) in [5.41, 5.74) is 0. The van der Waals surface area contributed by atoms with Crippen LogP contribution in [0.5, 0.6) is 0 Å². The molecule has 0 bridgehead atoms. The normalized spacial score (nSPS) is 26.0. The molecular formula is C55H92O15. The monoisotopic (exact) mass is 993 g/mol. The van der Waals surface area contributed by atoms with Crippen LogP contribution in [-0.2, 0) is 38.0 Å². The molecule has 7 N–H and O–H groups in total. The Labute approximate surface area is 419 Å². The van der Waals surface area contributed by atoms with Gasteiger partial charge in [-0.15, -0.1) is 0 Å². The van der Waals surface area contributed by atoms with Gasteiger partial charge >= 0.3 is 11.9 Å². The van der Waals surface area contributed by atoms with Crippen molar-refractivity contribution in [1.82, 2.24) is 0 Å². The molecule has 0 amide bonds. The molecule has 0 aromatic heterocycles. The lowest BCUT2D eigenvalue weighted by Crippen LogP contribution is -2.61. The lowest BCUT2D eigenvalue weighted by atomic mass is 9.98. The van der Waals surface area contributed by atoms with E-state index in [2.05, 4.69) is 74.6 Å². The van der Waals surface area contributed by atoms with Gasteiger partial charge in [-0.2, -0.15) is 0 Å². The molecule has 2 heterocycles. The van der Waals surface area contributed by atoms with Gasteiger partial charge in [-0.1, -0.05) is 151 Å². The van der Waals surface area contributed by atoms with E-state index in [1.807, 2.05) is 12.2 Å². The van der Waals surface area contributed by atoms with Crippen molar-refractivity contribution in [2.45, 2.75) is 235 Å². The van der Waals surface area contributed by atoms with Crippen LogP contribution in [0.1, 0.15) is 168 Å². The Balaban J connectivity index is 1.83. The van der Waals surface area contributed by atoms with Crippen molar-refractivity contribution < 1.29 is 73.8 Å². The Kier molecular flexibility index (Phi) is 37.3. The summed E-state index contributed by atoms with van der Waals surface area (Å²) in [5.74, 6) is -1.00. The number of hydrogen-bond donors (Lipinski definition) is 7. The van der Waals surface area contributed by atoms with Crippen LogP contribution in [0.4, 0.5) is 0 Å². The van der Waals surface area contributed by atoms with Crippen LogP contribution in [0.2, 0.25) is 0 Å². The predicted molar refractivity (Wildman–Crippen MR) is 270 cm³/mol. The Morgan fingerprint density at radius 2 is 0.914 bits per heavy atom. The minimum atomic E-state index is -1.78. The number of esters is 2. The SMILES string of the molecule is CC/C=C\C/C=C\C/C=C\C/C=C\C/C=C\CCCC(=O)OC(COC(=O)CCCCCCCCC/C=C\CCCCCCCC)COC1OC(COC2OC(CO)C(O)C(O)C2O)C(O)C(O)C1O. The number of aliphatic hydroxyl groups excluding tert-OH is 7. The lowest BCUT2D eigenvalue weighted by molar-refractivity contribution is -0.332. The molecule has 2 saturated heterocycles. The Hall–Kier alpha value is -3.06. The molecule has 70 heavy (non-hydrogen) atoms. The van der Waals surface area contributed by atoms with Crippen LogP contribution >= 0.6 is 0 Å². The van der Waals surface area contributed by atoms with Crippen LogP contribution < -0.4 is 0 Å². The van der Waals surface area contributed by atoms with Gasteiger partial charge in [0.05, 0.1) is 19.8 Å². The third-order valence-corrected chi connectivity index (χ3v) is 12.2. The molecule has 402 valence electrons. The van der Waals surface area contributed by atoms with Gasteiger partial charge in [-0.3, -0.25) is 9.59 Å². The van der Waals surface area contributed by atoms with Gasteiger partial charge < -0.3 is 64.2 Å². The van der Waals surface area contributed by atoms with Gasteiger partial charge in [-0.05, 0) is 77.0 Å². The smallest absolute Gasteiger partial charge is 0.306 e. The molecule has 2 aliphatic rings. The number of rotatable bonds is 40. The minimum Gasteiger partial charge on any atom is -0.462 e. The molecule has 11 unspecified atom stereocenters. The highest BCUT2D eigenvalue weighted by molar-refractivity contribution is 5.70. The van der Waals surface area contributed by atoms with Crippen LogP contribution in [0.3, 0.4) is 0 Å². The molecule has 0 saturated carbocycles. The fraction of sp³-hybridized carbons (Fsp3) is 0.745. The van der Waals surface area contributed by atoms with Crippen molar-refractivity contribution in [2.24, 2.45) is 0 Å². The number of carbonyl (C=O) groups excluding carboxylic acids is 2. The number of ether oxygens (including phenoxy) is 6. The second-order valence-corrected chi connectivity index (χ2v) is 18.3. The van der Waals surface area contributed by atoms with E-state index < -0.39 is 99.3 Å². The molecule has 2 fully saturated rings. The van der Waals surface area contributed by atoms with E-state index in [0.29, 0.717) is 19.3 Å². The zero-order chi connectivity index (χ0) is 51.0. The second kappa shape index (κ2) is 41.4. The Morgan fingerprint density at radius 1 is 0.471 bits per heavy atom. The molecule has 2 rings (SSSR count). The molecule has 15 heteroatoms.